The van der Waals surface area contributed by atoms with Gasteiger partial charge in [-0.05, 0) is 0 Å². The zero-order chi connectivity index (χ0) is 0. The van der Waals surface area contributed by atoms with Crippen molar-refractivity contribution in [2.75, 3.05) is 0 Å². The molecule has 0 aromatic heterocycles. The molecular weight excluding hydrogens is 115 g/mol. The summed E-state index contributed by atoms with van der Waals surface area (Å²) in [6.45, 7) is 0. The Hall–Kier alpha value is 1.52. The largest absolute Gasteiger partial charge is 2.00 e. The Morgan fingerprint density at radius 3 is 1.25 bits per heavy atom. The van der Waals surface area contributed by atoms with Gasteiger partial charge in [-0.1, -0.05) is 0 Å². The first-order chi connectivity index (χ1) is 0. The summed E-state index contributed by atoms with van der Waals surface area (Å²) in [5.41, 5.74) is 0. The van der Waals surface area contributed by atoms with E-state index in [9.17, 15) is 0 Å². The minimum absolute atomic E-state index is 0. The van der Waals surface area contributed by atoms with Crippen LogP contribution in [0.4, 0.5) is 0 Å². The number of hydrogen-bond acceptors (Lipinski definition) is 0. The van der Waals surface area contributed by atoms with Gasteiger partial charge in [0.05, 0.1) is 0 Å². The Bertz CT molecular complexity index is 16.0. The maximum absolute atomic E-state index is 0. The zero-order valence-electron chi connectivity index (χ0n) is 6.62. The monoisotopic (exact) mass is 119 g/mol. The summed E-state index contributed by atoms with van der Waals surface area (Å²) in [7, 11) is 0. The summed E-state index contributed by atoms with van der Waals surface area (Å²) >= 11 is 0. The third-order valence-electron chi connectivity index (χ3n) is 0. The smallest absolute Gasteiger partial charge is 1.00 e. The molecule has 0 aliphatic heterocycles. The molecule has 0 amide bonds. The topological polar surface area (TPSA) is 31.5 Å². The van der Waals surface area contributed by atoms with Gasteiger partial charge in [-0.15, -0.1) is 0 Å². The van der Waals surface area contributed by atoms with Gasteiger partial charge in [-0.3, -0.25) is 0 Å². The molecule has 0 radical (unpaired) electrons. The molecule has 2 N–H and O–H groups in total. The molecule has 0 aliphatic carbocycles. The fourth-order valence-corrected chi connectivity index (χ4v) is 0. The van der Waals surface area contributed by atoms with Crippen LogP contribution in [-0.2, 0) is 19.5 Å². The van der Waals surface area contributed by atoms with Crippen LogP contribution in [0.25, 0.3) is 0 Å². The summed E-state index contributed by atoms with van der Waals surface area (Å²) in [6.07, 6.45) is 0. The van der Waals surface area contributed by atoms with Crippen LogP contribution >= 0.6 is 0 Å². The van der Waals surface area contributed by atoms with Gasteiger partial charge in [0.1, 0.15) is 0 Å². The predicted octanol–water partition coefficient (Wildman–Crippen LogP) is -1.14. The van der Waals surface area contributed by atoms with E-state index in [0.717, 1.165) is 0 Å². The molecule has 0 aromatic carbocycles. The molecule has 0 aromatic rings. The van der Waals surface area contributed by atoms with Crippen LogP contribution in [-0.4, -0.2) is 38.7 Å². The van der Waals surface area contributed by atoms with Gasteiger partial charge in [-0.2, -0.15) is 0 Å². The van der Waals surface area contributed by atoms with E-state index in [1.165, 1.54) is 0 Å². The van der Waals surface area contributed by atoms with Gasteiger partial charge >= 0.3 is 33.2 Å². The van der Waals surface area contributed by atoms with Gasteiger partial charge in [0, 0.05) is 19.5 Å². The van der Waals surface area contributed by atoms with Gasteiger partial charge < -0.3 is 11.2 Å². The van der Waals surface area contributed by atoms with E-state index in [1.54, 1.807) is 0 Å². The Labute approximate surface area is 63.9 Å². The van der Waals surface area contributed by atoms with Gasteiger partial charge in [-0.25, -0.2) is 0 Å². The van der Waals surface area contributed by atoms with Crippen LogP contribution in [0.1, 0.15) is 5.71 Å². The number of rotatable bonds is 0. The van der Waals surface area contributed by atoms with Crippen molar-refractivity contribution in [2.45, 2.75) is 0 Å². The summed E-state index contributed by atoms with van der Waals surface area (Å²) in [5, 5.41) is 0. The standard InChI is InChI=1S/Be.Mg.H2O.Zn.4H/h;;1H2;;;;;/q2*+2;;;4*-1. The van der Waals surface area contributed by atoms with E-state index < -0.39 is 0 Å². The Morgan fingerprint density at radius 2 is 1.25 bits per heavy atom. The van der Waals surface area contributed by atoms with Crippen LogP contribution < -0.4 is 0 Å². The van der Waals surface area contributed by atoms with Crippen molar-refractivity contribution in [1.82, 2.24) is 0 Å². The number of hydrogen-bond donors (Lipinski definition) is 0. The Morgan fingerprint density at radius 1 is 1.25 bits per heavy atom. The van der Waals surface area contributed by atoms with Gasteiger partial charge in [0.15, 0.2) is 0 Å². The van der Waals surface area contributed by atoms with Crippen LogP contribution in [0.3, 0.4) is 0 Å². The molecule has 0 fully saturated rings. The van der Waals surface area contributed by atoms with Crippen molar-refractivity contribution < 1.29 is 30.7 Å². The predicted molar refractivity (Wildman–Crippen MR) is 19.6 cm³/mol. The minimum Gasteiger partial charge on any atom is -1.00 e. The summed E-state index contributed by atoms with van der Waals surface area (Å²) in [6, 6.07) is 0. The third kappa shape index (κ3) is 9.68. The molecule has 4 heteroatoms. The van der Waals surface area contributed by atoms with E-state index in [1.807, 2.05) is 0 Å². The van der Waals surface area contributed by atoms with Gasteiger partial charge in [0.25, 0.3) is 0 Å². The van der Waals surface area contributed by atoms with Crippen molar-refractivity contribution in [2.24, 2.45) is 0 Å². The van der Waals surface area contributed by atoms with E-state index >= 15 is 0 Å². The van der Waals surface area contributed by atoms with Crippen LogP contribution in [0.15, 0.2) is 0 Å². The average Bonchev–Trinajstić information content (AvgIpc) is 0. The molecule has 4 heavy (non-hydrogen) atoms. The average molecular weight is 121 g/mol. The van der Waals surface area contributed by atoms with Crippen molar-refractivity contribution in [3.8, 4) is 0 Å². The second-order valence-electron chi connectivity index (χ2n) is 0. The second-order valence-corrected chi connectivity index (χ2v) is 0. The minimum atomic E-state index is 0. The van der Waals surface area contributed by atoms with Crippen LogP contribution in [0.2, 0.25) is 0 Å². The molecule has 1 nitrogen and oxygen atoms in total. The molecule has 18 valence electrons. The molecular formula is H6BeMgOZn. The molecule has 0 bridgehead atoms. The maximum atomic E-state index is 0. The van der Waals surface area contributed by atoms with Crippen LogP contribution in [0.5, 0.6) is 0 Å². The summed E-state index contributed by atoms with van der Waals surface area (Å²) < 4.78 is 0. The normalized spacial score (nSPS) is 0. The molecule has 0 saturated heterocycles. The first-order valence-corrected chi connectivity index (χ1v) is 0. The molecule has 0 unspecified atom stereocenters. The van der Waals surface area contributed by atoms with Crippen molar-refractivity contribution in [3.05, 3.63) is 0 Å². The second kappa shape index (κ2) is 24.3. The van der Waals surface area contributed by atoms with Crippen LogP contribution in [0, 0.1) is 0 Å². The van der Waals surface area contributed by atoms with Gasteiger partial charge in [0.2, 0.25) is 0 Å². The van der Waals surface area contributed by atoms with Crippen molar-refractivity contribution in [3.63, 3.8) is 0 Å². The van der Waals surface area contributed by atoms with Crippen molar-refractivity contribution >= 4 is 33.2 Å². The maximum Gasteiger partial charge on any atom is 2.00 e. The SMILES string of the molecule is O.[Be+2].[H-].[H-].[H-].[H-].[Mg+2].[Zn]. The zero-order valence-corrected chi connectivity index (χ0v) is 7.00. The van der Waals surface area contributed by atoms with Crippen molar-refractivity contribution in [1.29, 1.82) is 0 Å². The van der Waals surface area contributed by atoms with E-state index in [4.69, 9.17) is 0 Å². The molecule has 0 aliphatic rings. The quantitative estimate of drug-likeness (QED) is 0.362. The van der Waals surface area contributed by atoms with E-state index in [2.05, 4.69) is 0 Å². The Balaban J connectivity index is 0. The van der Waals surface area contributed by atoms with E-state index in [-0.39, 0.29) is 63.8 Å². The molecule has 0 heterocycles. The fourth-order valence-electron chi connectivity index (χ4n) is 0. The molecule has 0 saturated carbocycles. The first-order valence-electron chi connectivity index (χ1n) is 0. The fraction of sp³-hybridized carbons (Fsp3) is 0. The first kappa shape index (κ1) is 48.9. The third-order valence-corrected chi connectivity index (χ3v) is 0. The molecule has 0 rings (SSSR count). The summed E-state index contributed by atoms with van der Waals surface area (Å²) in [5.74, 6) is 0. The molecule has 0 spiro atoms. The Kier molecular flexibility index (Phi) is 296. The summed E-state index contributed by atoms with van der Waals surface area (Å²) in [4.78, 5) is 0. The molecule has 0 atom stereocenters. The van der Waals surface area contributed by atoms with E-state index in [0.29, 0.717) is 0 Å².